The minimum atomic E-state index is -2.43. The molecule has 0 aliphatic carbocycles. The van der Waals surface area contributed by atoms with Crippen LogP contribution in [-0.4, -0.2) is 25.3 Å². The molecule has 78 valence electrons. The van der Waals surface area contributed by atoms with Crippen molar-refractivity contribution in [2.24, 2.45) is 4.47 Å². The molecule has 0 saturated heterocycles. The molecular weight excluding hydrogens is 212 g/mol. The first-order valence-electron chi connectivity index (χ1n) is 4.31. The third-order valence-corrected chi connectivity index (χ3v) is 3.48. The quantitative estimate of drug-likeness (QED) is 0.767. The second-order valence-electron chi connectivity index (χ2n) is 3.04. The van der Waals surface area contributed by atoms with Crippen LogP contribution in [0, 0.1) is 0 Å². The number of hydrogen-bond donors (Lipinski definition) is 0. The Hall–Kier alpha value is -1.69. The molecule has 0 radical (unpaired) electrons. The summed E-state index contributed by atoms with van der Waals surface area (Å²) in [5, 5.41) is 7.19. The van der Waals surface area contributed by atoms with Crippen LogP contribution in [0.3, 0.4) is 0 Å². The van der Waals surface area contributed by atoms with Crippen molar-refractivity contribution in [3.63, 3.8) is 0 Å². The molecule has 15 heavy (non-hydrogen) atoms. The number of nitrogens with zero attached hydrogens (tertiary/aromatic N) is 4. The van der Waals surface area contributed by atoms with Gasteiger partial charge in [0.05, 0.1) is 9.73 Å². The topological polar surface area (TPSA) is 60.1 Å². The van der Waals surface area contributed by atoms with Crippen molar-refractivity contribution in [2.75, 3.05) is 6.26 Å². The Labute approximate surface area is 87.9 Å². The third-order valence-electron chi connectivity index (χ3n) is 1.84. The Bertz CT molecular complexity index is 541. The fraction of sp³-hybridized carbons (Fsp3) is 0.111. The van der Waals surface area contributed by atoms with Gasteiger partial charge in [0.25, 0.3) is 0 Å². The smallest absolute Gasteiger partial charge is 0.142 e. The van der Waals surface area contributed by atoms with Gasteiger partial charge in [0, 0.05) is 11.2 Å². The summed E-state index contributed by atoms with van der Waals surface area (Å²) >= 11 is 0. The summed E-state index contributed by atoms with van der Waals surface area (Å²) in [6.07, 6.45) is 4.40. The molecule has 0 aliphatic heterocycles. The van der Waals surface area contributed by atoms with Crippen LogP contribution in [0.25, 0.3) is 0 Å². The molecule has 0 N–H and O–H groups in total. The van der Waals surface area contributed by atoms with Crippen molar-refractivity contribution in [3.05, 3.63) is 43.0 Å². The maximum atomic E-state index is 12.2. The second kappa shape index (κ2) is 3.82. The SMILES string of the molecule is CS(=O)(=Nn1cnnc1)c1ccccc1. The lowest BCUT2D eigenvalue weighted by atomic mass is 10.4. The maximum Gasteiger partial charge on any atom is 0.142 e. The van der Waals surface area contributed by atoms with Gasteiger partial charge in [-0.25, -0.2) is 4.21 Å². The molecule has 0 aliphatic rings. The summed E-state index contributed by atoms with van der Waals surface area (Å²) in [7, 11) is -2.43. The van der Waals surface area contributed by atoms with E-state index in [-0.39, 0.29) is 0 Å². The predicted molar refractivity (Wildman–Crippen MR) is 56.6 cm³/mol. The molecule has 0 spiro atoms. The van der Waals surface area contributed by atoms with E-state index in [0.29, 0.717) is 4.90 Å². The largest absolute Gasteiger partial charge is 0.243 e. The van der Waals surface area contributed by atoms with Crippen LogP contribution in [0.5, 0.6) is 0 Å². The van der Waals surface area contributed by atoms with Gasteiger partial charge in [-0.3, -0.25) is 0 Å². The summed E-state index contributed by atoms with van der Waals surface area (Å²) in [6.45, 7) is 0. The Morgan fingerprint density at radius 3 is 2.40 bits per heavy atom. The average molecular weight is 222 g/mol. The lowest BCUT2D eigenvalue weighted by Gasteiger charge is -2.02. The molecule has 0 bridgehead atoms. The summed E-state index contributed by atoms with van der Waals surface area (Å²) in [4.78, 5) is 0.693. The summed E-state index contributed by atoms with van der Waals surface area (Å²) in [5.74, 6) is 0. The second-order valence-corrected chi connectivity index (χ2v) is 5.28. The Morgan fingerprint density at radius 1 is 1.20 bits per heavy atom. The van der Waals surface area contributed by atoms with E-state index < -0.39 is 9.73 Å². The van der Waals surface area contributed by atoms with Gasteiger partial charge < -0.3 is 0 Å². The van der Waals surface area contributed by atoms with E-state index in [1.807, 2.05) is 18.2 Å². The molecule has 1 aromatic heterocycles. The molecule has 5 nitrogen and oxygen atoms in total. The van der Waals surface area contributed by atoms with E-state index in [0.717, 1.165) is 0 Å². The van der Waals surface area contributed by atoms with Gasteiger partial charge in [0.1, 0.15) is 12.7 Å². The van der Waals surface area contributed by atoms with Crippen molar-refractivity contribution in [3.8, 4) is 0 Å². The molecule has 2 aromatic rings. The van der Waals surface area contributed by atoms with E-state index in [9.17, 15) is 4.21 Å². The Balaban J connectivity index is 2.49. The third kappa shape index (κ3) is 2.21. The monoisotopic (exact) mass is 222 g/mol. The van der Waals surface area contributed by atoms with Gasteiger partial charge in [-0.1, -0.05) is 18.2 Å². The normalized spacial score (nSPS) is 14.5. The van der Waals surface area contributed by atoms with Crippen molar-refractivity contribution in [2.45, 2.75) is 4.90 Å². The van der Waals surface area contributed by atoms with Gasteiger partial charge in [0.2, 0.25) is 0 Å². The van der Waals surface area contributed by atoms with Crippen LogP contribution in [0.2, 0.25) is 0 Å². The van der Waals surface area contributed by atoms with Crippen molar-refractivity contribution < 1.29 is 4.21 Å². The molecular formula is C9H10N4OS. The number of rotatable bonds is 2. The molecule has 0 saturated carbocycles. The maximum absolute atomic E-state index is 12.2. The first kappa shape index (κ1) is 9.85. The van der Waals surface area contributed by atoms with Crippen molar-refractivity contribution >= 4 is 9.73 Å². The van der Waals surface area contributed by atoms with Gasteiger partial charge in [-0.2, -0.15) is 4.68 Å². The van der Waals surface area contributed by atoms with Gasteiger partial charge >= 0.3 is 0 Å². The Kier molecular flexibility index (Phi) is 2.51. The predicted octanol–water partition coefficient (Wildman–Crippen LogP) is 1.20. The molecule has 1 aromatic carbocycles. The number of benzene rings is 1. The van der Waals surface area contributed by atoms with E-state index in [4.69, 9.17) is 0 Å². The van der Waals surface area contributed by atoms with E-state index >= 15 is 0 Å². The minimum absolute atomic E-state index is 0.693. The van der Waals surface area contributed by atoms with Gasteiger partial charge in [-0.15, -0.1) is 14.7 Å². The number of hydrogen-bond acceptors (Lipinski definition) is 4. The fourth-order valence-electron chi connectivity index (χ4n) is 1.14. The van der Waals surface area contributed by atoms with Crippen LogP contribution >= 0.6 is 0 Å². The van der Waals surface area contributed by atoms with Gasteiger partial charge in [-0.05, 0) is 12.1 Å². The van der Waals surface area contributed by atoms with Crippen molar-refractivity contribution in [1.29, 1.82) is 0 Å². The number of aromatic nitrogens is 3. The van der Waals surface area contributed by atoms with Crippen LogP contribution in [0.1, 0.15) is 0 Å². The lowest BCUT2D eigenvalue weighted by molar-refractivity contribution is 0.674. The summed E-state index contributed by atoms with van der Waals surface area (Å²) < 4.78 is 17.6. The zero-order valence-electron chi connectivity index (χ0n) is 8.15. The lowest BCUT2D eigenvalue weighted by Crippen LogP contribution is -2.00. The first-order chi connectivity index (χ1) is 7.18. The zero-order valence-corrected chi connectivity index (χ0v) is 8.96. The molecule has 1 unspecified atom stereocenters. The Morgan fingerprint density at radius 2 is 1.80 bits per heavy atom. The molecule has 1 heterocycles. The van der Waals surface area contributed by atoms with Gasteiger partial charge in [0.15, 0.2) is 0 Å². The van der Waals surface area contributed by atoms with Crippen molar-refractivity contribution in [1.82, 2.24) is 14.9 Å². The van der Waals surface area contributed by atoms with E-state index in [1.54, 1.807) is 18.4 Å². The fourth-order valence-corrected chi connectivity index (χ4v) is 2.34. The summed E-state index contributed by atoms with van der Waals surface area (Å²) in [6, 6.07) is 9.12. The van der Waals surface area contributed by atoms with E-state index in [2.05, 4.69) is 14.7 Å². The van der Waals surface area contributed by atoms with E-state index in [1.165, 1.54) is 17.3 Å². The highest BCUT2D eigenvalue weighted by Crippen LogP contribution is 2.10. The average Bonchev–Trinajstić information content (AvgIpc) is 2.71. The first-order valence-corrected chi connectivity index (χ1v) is 6.23. The van der Waals surface area contributed by atoms with Crippen LogP contribution in [0.15, 0.2) is 52.4 Å². The van der Waals surface area contributed by atoms with Crippen LogP contribution in [0.4, 0.5) is 0 Å². The summed E-state index contributed by atoms with van der Waals surface area (Å²) in [5.41, 5.74) is 0. The molecule has 2 rings (SSSR count). The molecule has 0 amide bonds. The standard InChI is InChI=1S/C9H10N4OS/c1-15(14,9-5-3-2-4-6-9)12-13-7-10-11-8-13/h2-8H,1H3. The highest BCUT2D eigenvalue weighted by atomic mass is 32.2. The molecule has 0 fully saturated rings. The van der Waals surface area contributed by atoms with Crippen LogP contribution < -0.4 is 0 Å². The highest BCUT2D eigenvalue weighted by molar-refractivity contribution is 7.93. The zero-order chi connectivity index (χ0) is 10.7. The minimum Gasteiger partial charge on any atom is -0.243 e. The molecule has 1 atom stereocenters. The van der Waals surface area contributed by atoms with Crippen LogP contribution in [-0.2, 0) is 9.73 Å². The molecule has 6 heteroatoms. The highest BCUT2D eigenvalue weighted by Gasteiger charge is 2.04.